The molecule has 4 nitrogen and oxygen atoms in total. The maximum Gasteiger partial charge on any atom is 0.220 e. The third-order valence-corrected chi connectivity index (χ3v) is 4.94. The van der Waals surface area contributed by atoms with Gasteiger partial charge in [-0.15, -0.1) is 12.3 Å². The van der Waals surface area contributed by atoms with Gasteiger partial charge >= 0.3 is 0 Å². The van der Waals surface area contributed by atoms with Gasteiger partial charge in [0.1, 0.15) is 5.82 Å². The van der Waals surface area contributed by atoms with Crippen LogP contribution in [0.1, 0.15) is 56.4 Å². The molecule has 0 spiro atoms. The van der Waals surface area contributed by atoms with Gasteiger partial charge in [-0.25, -0.2) is 4.39 Å². The number of nitrogens with one attached hydrogen (secondary N) is 1. The number of halogens is 1. The smallest absolute Gasteiger partial charge is 0.220 e. The van der Waals surface area contributed by atoms with Gasteiger partial charge in [-0.2, -0.15) is 10.2 Å². The topological polar surface area (TPSA) is 53.8 Å². The number of terminal acetylenes is 1. The molecule has 1 saturated carbocycles. The molecular formula is C19H22FN3O. The Hall–Kier alpha value is -2.22. The molecule has 1 fully saturated rings. The first-order chi connectivity index (χ1) is 11.6. The molecule has 3 rings (SSSR count). The highest BCUT2D eigenvalue weighted by Crippen LogP contribution is 2.38. The molecule has 1 N–H and O–H groups in total. The predicted octanol–water partition coefficient (Wildman–Crippen LogP) is 3.93. The Morgan fingerprint density at radius 3 is 2.71 bits per heavy atom. The lowest BCUT2D eigenvalue weighted by molar-refractivity contribution is -0.122. The zero-order valence-electron chi connectivity index (χ0n) is 13.7. The number of hydrogen-bond donors (Lipinski definition) is 1. The molecule has 1 heterocycles. The first-order valence-electron chi connectivity index (χ1n) is 8.52. The van der Waals surface area contributed by atoms with Crippen molar-refractivity contribution in [3.05, 3.63) is 35.6 Å². The molecule has 1 aliphatic carbocycles. The molecule has 1 aromatic rings. The van der Waals surface area contributed by atoms with Crippen LogP contribution in [0.2, 0.25) is 0 Å². The Bertz CT molecular complexity index is 656. The Labute approximate surface area is 141 Å². The standard InChI is InChI=1S/C19H22FN3O/c1-2-3-11-19(22-23-19)12-10-18(24)21-17-9-6-15(13-17)14-4-7-16(20)8-5-14/h1,4-5,7-8,15,17H,3,6,9-13H2,(H,21,24). The summed E-state index contributed by atoms with van der Waals surface area (Å²) in [5.74, 6) is 2.83. The molecule has 0 radical (unpaired) electrons. The highest BCUT2D eigenvalue weighted by molar-refractivity contribution is 5.76. The Balaban J connectivity index is 1.41. The minimum absolute atomic E-state index is 0.0529. The van der Waals surface area contributed by atoms with E-state index in [0.717, 1.165) is 31.2 Å². The van der Waals surface area contributed by atoms with Crippen molar-refractivity contribution < 1.29 is 9.18 Å². The third kappa shape index (κ3) is 4.19. The van der Waals surface area contributed by atoms with Gasteiger partial charge in [0, 0.05) is 31.7 Å². The zero-order valence-corrected chi connectivity index (χ0v) is 13.7. The molecule has 1 amide bonds. The third-order valence-electron chi connectivity index (χ3n) is 4.94. The summed E-state index contributed by atoms with van der Waals surface area (Å²) in [5.41, 5.74) is 0.757. The number of benzene rings is 1. The van der Waals surface area contributed by atoms with E-state index < -0.39 is 5.66 Å². The van der Waals surface area contributed by atoms with Crippen LogP contribution in [0.5, 0.6) is 0 Å². The summed E-state index contributed by atoms with van der Waals surface area (Å²) >= 11 is 0. The fraction of sp³-hybridized carbons (Fsp3) is 0.526. The van der Waals surface area contributed by atoms with Crippen LogP contribution in [0, 0.1) is 18.2 Å². The van der Waals surface area contributed by atoms with Crippen LogP contribution in [0.4, 0.5) is 4.39 Å². The molecule has 0 bridgehead atoms. The van der Waals surface area contributed by atoms with E-state index in [2.05, 4.69) is 21.5 Å². The fourth-order valence-corrected chi connectivity index (χ4v) is 3.43. The van der Waals surface area contributed by atoms with Crippen molar-refractivity contribution in [2.45, 2.75) is 62.6 Å². The monoisotopic (exact) mass is 327 g/mol. The van der Waals surface area contributed by atoms with Crippen molar-refractivity contribution in [3.8, 4) is 12.3 Å². The summed E-state index contributed by atoms with van der Waals surface area (Å²) in [6.45, 7) is 0. The molecule has 0 aromatic heterocycles. The minimum atomic E-state index is -0.393. The molecule has 126 valence electrons. The molecule has 24 heavy (non-hydrogen) atoms. The predicted molar refractivity (Wildman–Crippen MR) is 89.8 cm³/mol. The normalized spacial score (nSPS) is 23.7. The van der Waals surface area contributed by atoms with E-state index in [9.17, 15) is 9.18 Å². The van der Waals surface area contributed by atoms with E-state index >= 15 is 0 Å². The number of rotatable bonds is 7. The Morgan fingerprint density at radius 2 is 2.04 bits per heavy atom. The number of carbonyl (C=O) groups is 1. The van der Waals surface area contributed by atoms with Gasteiger partial charge in [-0.05, 0) is 42.9 Å². The van der Waals surface area contributed by atoms with E-state index in [1.54, 1.807) is 0 Å². The molecule has 2 unspecified atom stereocenters. The lowest BCUT2D eigenvalue weighted by Gasteiger charge is -2.15. The summed E-state index contributed by atoms with van der Waals surface area (Å²) in [6, 6.07) is 6.88. The second-order valence-electron chi connectivity index (χ2n) is 6.71. The number of nitrogens with zero attached hydrogens (tertiary/aromatic N) is 2. The number of hydrogen-bond acceptors (Lipinski definition) is 3. The first kappa shape index (κ1) is 16.6. The molecule has 1 aromatic carbocycles. The van der Waals surface area contributed by atoms with Gasteiger partial charge in [0.25, 0.3) is 0 Å². The summed E-state index contributed by atoms with van der Waals surface area (Å²) in [5, 5.41) is 11.2. The van der Waals surface area contributed by atoms with Gasteiger partial charge in [0.05, 0.1) is 0 Å². The van der Waals surface area contributed by atoms with Crippen molar-refractivity contribution >= 4 is 5.91 Å². The van der Waals surface area contributed by atoms with Crippen molar-refractivity contribution in [2.75, 3.05) is 0 Å². The Morgan fingerprint density at radius 1 is 1.29 bits per heavy atom. The van der Waals surface area contributed by atoms with Crippen LogP contribution in [0.3, 0.4) is 0 Å². The summed E-state index contributed by atoms with van der Waals surface area (Å²) in [7, 11) is 0. The van der Waals surface area contributed by atoms with Crippen LogP contribution in [0.15, 0.2) is 34.5 Å². The molecule has 2 aliphatic rings. The fourth-order valence-electron chi connectivity index (χ4n) is 3.43. The van der Waals surface area contributed by atoms with Gasteiger partial charge in [0.2, 0.25) is 5.91 Å². The lowest BCUT2D eigenvalue weighted by atomic mass is 9.97. The van der Waals surface area contributed by atoms with E-state index in [4.69, 9.17) is 6.42 Å². The van der Waals surface area contributed by atoms with E-state index in [-0.39, 0.29) is 17.8 Å². The second kappa shape index (κ2) is 7.12. The molecule has 1 aliphatic heterocycles. The SMILES string of the molecule is C#CCCC1(CCC(=O)NC2CCC(c3ccc(F)cc3)C2)N=N1. The van der Waals surface area contributed by atoms with Crippen molar-refractivity contribution in [2.24, 2.45) is 10.2 Å². The average Bonchev–Trinajstić information content (AvgIpc) is 3.21. The minimum Gasteiger partial charge on any atom is -0.353 e. The van der Waals surface area contributed by atoms with Gasteiger partial charge in [-0.1, -0.05) is 12.1 Å². The van der Waals surface area contributed by atoms with Crippen LogP contribution in [-0.2, 0) is 4.79 Å². The van der Waals surface area contributed by atoms with E-state index in [1.807, 2.05) is 12.1 Å². The molecule has 2 atom stereocenters. The van der Waals surface area contributed by atoms with E-state index in [1.165, 1.54) is 12.1 Å². The number of amides is 1. The molecule has 0 saturated heterocycles. The highest BCUT2D eigenvalue weighted by atomic mass is 19.1. The van der Waals surface area contributed by atoms with Gasteiger partial charge in [0.15, 0.2) is 5.66 Å². The van der Waals surface area contributed by atoms with Crippen molar-refractivity contribution in [3.63, 3.8) is 0 Å². The van der Waals surface area contributed by atoms with Gasteiger partial charge in [-0.3, -0.25) is 4.79 Å². The molecular weight excluding hydrogens is 305 g/mol. The van der Waals surface area contributed by atoms with Crippen LogP contribution in [-0.4, -0.2) is 17.6 Å². The summed E-state index contributed by atoms with van der Waals surface area (Å²) in [6.07, 6.45) is 10.6. The summed E-state index contributed by atoms with van der Waals surface area (Å²) < 4.78 is 13.0. The number of carbonyl (C=O) groups excluding carboxylic acids is 1. The average molecular weight is 327 g/mol. The highest BCUT2D eigenvalue weighted by Gasteiger charge is 2.39. The second-order valence-corrected chi connectivity index (χ2v) is 6.71. The van der Waals surface area contributed by atoms with Crippen LogP contribution >= 0.6 is 0 Å². The first-order valence-corrected chi connectivity index (χ1v) is 8.52. The van der Waals surface area contributed by atoms with Crippen LogP contribution < -0.4 is 5.32 Å². The van der Waals surface area contributed by atoms with Gasteiger partial charge < -0.3 is 5.32 Å². The lowest BCUT2D eigenvalue weighted by Crippen LogP contribution is -2.33. The quantitative estimate of drug-likeness (QED) is 0.758. The Kier molecular flexibility index (Phi) is 4.94. The van der Waals surface area contributed by atoms with Crippen molar-refractivity contribution in [1.82, 2.24) is 5.32 Å². The molecule has 5 heteroatoms. The van der Waals surface area contributed by atoms with E-state index in [0.29, 0.717) is 25.2 Å². The largest absolute Gasteiger partial charge is 0.353 e. The zero-order chi connectivity index (χ0) is 17.0. The maximum absolute atomic E-state index is 13.0. The van der Waals surface area contributed by atoms with Crippen LogP contribution in [0.25, 0.3) is 0 Å². The van der Waals surface area contributed by atoms with Crippen molar-refractivity contribution in [1.29, 1.82) is 0 Å². The maximum atomic E-state index is 13.0. The summed E-state index contributed by atoms with van der Waals surface area (Å²) in [4.78, 5) is 12.2.